The van der Waals surface area contributed by atoms with Crippen LogP contribution in [0.25, 0.3) is 0 Å². The summed E-state index contributed by atoms with van der Waals surface area (Å²) >= 11 is 0. The Hall–Kier alpha value is -0.120. The molecule has 11 heavy (non-hydrogen) atoms. The molecule has 2 atom stereocenters. The molecule has 0 radical (unpaired) electrons. The van der Waals surface area contributed by atoms with E-state index in [1.165, 1.54) is 0 Å². The SMILES string of the molecule is CC1NCCC2(CCOC2)O1. The molecule has 0 aromatic heterocycles. The highest BCUT2D eigenvalue weighted by Gasteiger charge is 2.39. The van der Waals surface area contributed by atoms with Gasteiger partial charge in [-0.05, 0) is 13.3 Å². The Morgan fingerprint density at radius 2 is 2.36 bits per heavy atom. The first-order valence-electron chi connectivity index (χ1n) is 4.30. The van der Waals surface area contributed by atoms with Gasteiger partial charge in [-0.25, -0.2) is 0 Å². The van der Waals surface area contributed by atoms with E-state index >= 15 is 0 Å². The van der Waals surface area contributed by atoms with Crippen molar-refractivity contribution < 1.29 is 9.47 Å². The molecule has 2 unspecified atom stereocenters. The van der Waals surface area contributed by atoms with Crippen LogP contribution < -0.4 is 5.32 Å². The van der Waals surface area contributed by atoms with Crippen LogP contribution >= 0.6 is 0 Å². The van der Waals surface area contributed by atoms with E-state index < -0.39 is 0 Å². The van der Waals surface area contributed by atoms with Gasteiger partial charge in [0.2, 0.25) is 0 Å². The molecule has 0 amide bonds. The quantitative estimate of drug-likeness (QED) is 0.555. The van der Waals surface area contributed by atoms with Gasteiger partial charge < -0.3 is 9.47 Å². The maximum atomic E-state index is 5.80. The summed E-state index contributed by atoms with van der Waals surface area (Å²) in [5, 5.41) is 3.26. The Kier molecular flexibility index (Phi) is 1.87. The van der Waals surface area contributed by atoms with E-state index in [0.29, 0.717) is 0 Å². The van der Waals surface area contributed by atoms with Gasteiger partial charge >= 0.3 is 0 Å². The summed E-state index contributed by atoms with van der Waals surface area (Å²) < 4.78 is 11.1. The van der Waals surface area contributed by atoms with Crippen LogP contribution in [-0.4, -0.2) is 31.6 Å². The Morgan fingerprint density at radius 1 is 1.45 bits per heavy atom. The fourth-order valence-electron chi connectivity index (χ4n) is 1.86. The topological polar surface area (TPSA) is 30.5 Å². The molecule has 2 aliphatic heterocycles. The van der Waals surface area contributed by atoms with E-state index in [9.17, 15) is 0 Å². The minimum atomic E-state index is 0.0602. The second kappa shape index (κ2) is 2.73. The van der Waals surface area contributed by atoms with E-state index in [2.05, 4.69) is 12.2 Å². The minimum Gasteiger partial charge on any atom is -0.378 e. The normalized spacial score (nSPS) is 45.0. The molecule has 2 aliphatic rings. The molecule has 0 bridgehead atoms. The van der Waals surface area contributed by atoms with Crippen molar-refractivity contribution in [2.45, 2.75) is 31.6 Å². The van der Waals surface area contributed by atoms with E-state index in [4.69, 9.17) is 9.47 Å². The molecule has 2 fully saturated rings. The van der Waals surface area contributed by atoms with Crippen molar-refractivity contribution >= 4 is 0 Å². The maximum Gasteiger partial charge on any atom is 0.106 e. The van der Waals surface area contributed by atoms with Gasteiger partial charge in [-0.15, -0.1) is 0 Å². The van der Waals surface area contributed by atoms with Gasteiger partial charge in [0.25, 0.3) is 0 Å². The standard InChI is InChI=1S/C8H15NO2/c1-7-9-4-2-8(11-7)3-5-10-6-8/h7,9H,2-6H2,1H3. The zero-order valence-corrected chi connectivity index (χ0v) is 6.93. The monoisotopic (exact) mass is 157 g/mol. The number of ether oxygens (including phenoxy) is 2. The highest BCUT2D eigenvalue weighted by Crippen LogP contribution is 2.29. The molecule has 0 saturated carbocycles. The van der Waals surface area contributed by atoms with E-state index in [-0.39, 0.29) is 11.8 Å². The van der Waals surface area contributed by atoms with Gasteiger partial charge in [0.1, 0.15) is 6.23 Å². The lowest BCUT2D eigenvalue weighted by Crippen LogP contribution is -2.49. The molecule has 0 aromatic carbocycles. The third-order valence-electron chi connectivity index (χ3n) is 2.51. The van der Waals surface area contributed by atoms with Crippen LogP contribution in [0.4, 0.5) is 0 Å². The Bertz CT molecular complexity index is 143. The van der Waals surface area contributed by atoms with Crippen molar-refractivity contribution in [2.75, 3.05) is 19.8 Å². The lowest BCUT2D eigenvalue weighted by atomic mass is 9.97. The van der Waals surface area contributed by atoms with E-state index in [1.54, 1.807) is 0 Å². The minimum absolute atomic E-state index is 0.0602. The fourth-order valence-corrected chi connectivity index (χ4v) is 1.86. The number of hydrogen-bond donors (Lipinski definition) is 1. The fraction of sp³-hybridized carbons (Fsp3) is 1.00. The first kappa shape index (κ1) is 7.53. The molecule has 1 N–H and O–H groups in total. The first-order valence-corrected chi connectivity index (χ1v) is 4.30. The largest absolute Gasteiger partial charge is 0.378 e. The molecule has 64 valence electrons. The van der Waals surface area contributed by atoms with Crippen LogP contribution in [0.1, 0.15) is 19.8 Å². The van der Waals surface area contributed by atoms with E-state index in [1.807, 2.05) is 0 Å². The molecular weight excluding hydrogens is 142 g/mol. The number of nitrogens with one attached hydrogen (secondary N) is 1. The zero-order chi connectivity index (χ0) is 7.73. The van der Waals surface area contributed by atoms with Crippen molar-refractivity contribution in [3.8, 4) is 0 Å². The van der Waals surface area contributed by atoms with Crippen LogP contribution in [0.3, 0.4) is 0 Å². The molecule has 3 heteroatoms. The summed E-state index contributed by atoms with van der Waals surface area (Å²) in [6.45, 7) is 4.77. The Labute approximate surface area is 67.1 Å². The van der Waals surface area contributed by atoms with E-state index in [0.717, 1.165) is 32.6 Å². The highest BCUT2D eigenvalue weighted by atomic mass is 16.6. The Morgan fingerprint density at radius 3 is 3.00 bits per heavy atom. The summed E-state index contributed by atoms with van der Waals surface area (Å²) in [6, 6.07) is 0. The molecule has 3 nitrogen and oxygen atoms in total. The third kappa shape index (κ3) is 1.41. The van der Waals surface area contributed by atoms with Crippen LogP contribution in [0, 0.1) is 0 Å². The molecule has 2 heterocycles. The van der Waals surface area contributed by atoms with Crippen LogP contribution in [0.5, 0.6) is 0 Å². The summed E-state index contributed by atoms with van der Waals surface area (Å²) in [6.07, 6.45) is 2.36. The van der Waals surface area contributed by atoms with Crippen molar-refractivity contribution in [2.24, 2.45) is 0 Å². The summed E-state index contributed by atoms with van der Waals surface area (Å²) in [5.41, 5.74) is 0.0602. The number of hydrogen-bond acceptors (Lipinski definition) is 3. The van der Waals surface area contributed by atoms with Crippen molar-refractivity contribution in [1.29, 1.82) is 0 Å². The average Bonchev–Trinajstić information content (AvgIpc) is 2.37. The molecule has 2 rings (SSSR count). The summed E-state index contributed by atoms with van der Waals surface area (Å²) in [4.78, 5) is 0. The van der Waals surface area contributed by atoms with Gasteiger partial charge in [-0.3, -0.25) is 5.32 Å². The zero-order valence-electron chi connectivity index (χ0n) is 6.93. The molecule has 0 aliphatic carbocycles. The molecular formula is C8H15NO2. The molecule has 1 spiro atoms. The average molecular weight is 157 g/mol. The van der Waals surface area contributed by atoms with Crippen molar-refractivity contribution in [3.05, 3.63) is 0 Å². The second-order valence-corrected chi connectivity index (χ2v) is 3.45. The van der Waals surface area contributed by atoms with Crippen molar-refractivity contribution in [3.63, 3.8) is 0 Å². The van der Waals surface area contributed by atoms with Gasteiger partial charge in [-0.1, -0.05) is 0 Å². The lowest BCUT2D eigenvalue weighted by Gasteiger charge is -2.36. The van der Waals surface area contributed by atoms with Gasteiger partial charge in [0.05, 0.1) is 12.2 Å². The van der Waals surface area contributed by atoms with Gasteiger partial charge in [-0.2, -0.15) is 0 Å². The summed E-state index contributed by atoms with van der Waals surface area (Å²) in [5.74, 6) is 0. The maximum absolute atomic E-state index is 5.80. The van der Waals surface area contributed by atoms with Crippen LogP contribution in [0.2, 0.25) is 0 Å². The molecule has 2 saturated heterocycles. The van der Waals surface area contributed by atoms with Crippen LogP contribution in [0.15, 0.2) is 0 Å². The first-order chi connectivity index (χ1) is 5.31. The Balaban J connectivity index is 2.00. The highest BCUT2D eigenvalue weighted by molar-refractivity contribution is 4.88. The predicted molar refractivity (Wildman–Crippen MR) is 41.3 cm³/mol. The number of rotatable bonds is 0. The molecule has 0 aromatic rings. The lowest BCUT2D eigenvalue weighted by molar-refractivity contribution is -0.128. The predicted octanol–water partition coefficient (Wildman–Crippen LogP) is 0.501. The summed E-state index contributed by atoms with van der Waals surface area (Å²) in [7, 11) is 0. The van der Waals surface area contributed by atoms with Crippen molar-refractivity contribution in [1.82, 2.24) is 5.32 Å². The van der Waals surface area contributed by atoms with Crippen LogP contribution in [-0.2, 0) is 9.47 Å². The van der Waals surface area contributed by atoms with Gasteiger partial charge in [0, 0.05) is 19.6 Å². The smallest absolute Gasteiger partial charge is 0.106 e. The van der Waals surface area contributed by atoms with Gasteiger partial charge in [0.15, 0.2) is 0 Å². The second-order valence-electron chi connectivity index (χ2n) is 3.45. The third-order valence-corrected chi connectivity index (χ3v) is 2.51.